The fourth-order valence-corrected chi connectivity index (χ4v) is 5.41. The molecule has 1 aromatic carbocycles. The molecule has 2 unspecified atom stereocenters. The first kappa shape index (κ1) is 11.9. The molecular weight excluding hydrogens is 250 g/mol. The maximum absolute atomic E-state index is 5.48. The summed E-state index contributed by atoms with van der Waals surface area (Å²) >= 11 is 5.48. The minimum absolute atomic E-state index is 0.291. The third-order valence-electron chi connectivity index (χ3n) is 5.82. The quantitative estimate of drug-likeness (QED) is 0.774. The predicted molar refractivity (Wildman–Crippen MR) is 82.3 cm³/mol. The van der Waals surface area contributed by atoms with Crippen LogP contribution in [0.4, 0.5) is 0 Å². The van der Waals surface area contributed by atoms with E-state index in [-0.39, 0.29) is 0 Å². The SMILES string of the molecule is S=C1CCC2(N1)C1CCC(CC1)C2c1ccccc1. The Balaban J connectivity index is 1.80. The highest BCUT2D eigenvalue weighted by atomic mass is 32.1. The van der Waals surface area contributed by atoms with E-state index in [2.05, 4.69) is 35.6 Å². The van der Waals surface area contributed by atoms with Gasteiger partial charge in [-0.15, -0.1) is 0 Å². The van der Waals surface area contributed by atoms with Gasteiger partial charge in [0.05, 0.1) is 4.99 Å². The second-order valence-electron chi connectivity index (χ2n) is 6.59. The zero-order valence-electron chi connectivity index (χ0n) is 11.3. The first-order valence-corrected chi connectivity index (χ1v) is 8.06. The van der Waals surface area contributed by atoms with Gasteiger partial charge in [-0.25, -0.2) is 0 Å². The van der Waals surface area contributed by atoms with E-state index in [0.717, 1.165) is 23.2 Å². The Bertz CT molecular complexity index is 489. The number of hydrogen-bond donors (Lipinski definition) is 1. The van der Waals surface area contributed by atoms with Crippen LogP contribution < -0.4 is 5.32 Å². The summed E-state index contributed by atoms with van der Waals surface area (Å²) in [7, 11) is 0. The molecule has 2 heteroatoms. The number of hydrogen-bond acceptors (Lipinski definition) is 1. The van der Waals surface area contributed by atoms with E-state index in [0.29, 0.717) is 11.5 Å². The lowest BCUT2D eigenvalue weighted by Crippen LogP contribution is -2.59. The van der Waals surface area contributed by atoms with Gasteiger partial charge in [-0.05, 0) is 55.9 Å². The summed E-state index contributed by atoms with van der Waals surface area (Å²) in [6, 6.07) is 11.2. The molecule has 0 radical (unpaired) electrons. The highest BCUT2D eigenvalue weighted by molar-refractivity contribution is 7.80. The van der Waals surface area contributed by atoms with Crippen molar-refractivity contribution in [1.29, 1.82) is 0 Å². The van der Waals surface area contributed by atoms with Gasteiger partial charge in [0, 0.05) is 11.5 Å². The van der Waals surface area contributed by atoms with Crippen molar-refractivity contribution in [3.63, 3.8) is 0 Å². The van der Waals surface area contributed by atoms with E-state index in [9.17, 15) is 0 Å². The molecule has 2 atom stereocenters. The molecule has 19 heavy (non-hydrogen) atoms. The summed E-state index contributed by atoms with van der Waals surface area (Å²) in [5.74, 6) is 2.38. The van der Waals surface area contributed by atoms with E-state index in [4.69, 9.17) is 12.2 Å². The number of thiocarbonyl (C=S) groups is 1. The van der Waals surface area contributed by atoms with Crippen LogP contribution in [-0.4, -0.2) is 10.5 Å². The summed E-state index contributed by atoms with van der Waals surface area (Å²) < 4.78 is 0. The lowest BCUT2D eigenvalue weighted by atomic mass is 9.52. The fraction of sp³-hybridized carbons (Fsp3) is 0.588. The zero-order valence-corrected chi connectivity index (χ0v) is 12.1. The second kappa shape index (κ2) is 4.31. The summed E-state index contributed by atoms with van der Waals surface area (Å²) in [6.07, 6.45) is 8.00. The molecule has 4 fully saturated rings. The van der Waals surface area contributed by atoms with Crippen molar-refractivity contribution in [1.82, 2.24) is 5.32 Å². The molecule has 3 aliphatic carbocycles. The minimum atomic E-state index is 0.291. The molecule has 100 valence electrons. The van der Waals surface area contributed by atoms with E-state index in [1.807, 2.05) is 0 Å². The van der Waals surface area contributed by atoms with Crippen molar-refractivity contribution >= 4 is 17.2 Å². The van der Waals surface area contributed by atoms with Crippen molar-refractivity contribution in [3.05, 3.63) is 35.9 Å². The van der Waals surface area contributed by atoms with Crippen LogP contribution in [0.1, 0.15) is 50.0 Å². The van der Waals surface area contributed by atoms with Gasteiger partial charge in [0.15, 0.2) is 0 Å². The highest BCUT2D eigenvalue weighted by Crippen LogP contribution is 2.58. The maximum atomic E-state index is 5.48. The van der Waals surface area contributed by atoms with E-state index < -0.39 is 0 Å². The van der Waals surface area contributed by atoms with Gasteiger partial charge in [0.1, 0.15) is 0 Å². The first-order valence-electron chi connectivity index (χ1n) is 7.65. The molecule has 1 aromatic rings. The van der Waals surface area contributed by atoms with Gasteiger partial charge in [0.2, 0.25) is 0 Å². The third kappa shape index (κ3) is 1.69. The van der Waals surface area contributed by atoms with Gasteiger partial charge in [-0.3, -0.25) is 0 Å². The number of fused-ring (bicyclic) bond motifs is 2. The Morgan fingerprint density at radius 2 is 1.79 bits per heavy atom. The molecule has 1 heterocycles. The van der Waals surface area contributed by atoms with E-state index in [1.54, 1.807) is 0 Å². The van der Waals surface area contributed by atoms with Crippen LogP contribution in [0.2, 0.25) is 0 Å². The predicted octanol–water partition coefficient (Wildman–Crippen LogP) is 4.04. The van der Waals surface area contributed by atoms with Crippen LogP contribution in [0.25, 0.3) is 0 Å². The molecule has 1 spiro atoms. The molecule has 0 amide bonds. The molecule has 1 N–H and O–H groups in total. The summed E-state index contributed by atoms with van der Waals surface area (Å²) in [6.45, 7) is 0. The lowest BCUT2D eigenvalue weighted by Gasteiger charge is -2.56. The van der Waals surface area contributed by atoms with Crippen molar-refractivity contribution in [2.24, 2.45) is 11.8 Å². The van der Waals surface area contributed by atoms with Crippen LogP contribution >= 0.6 is 12.2 Å². The molecule has 1 aliphatic heterocycles. The van der Waals surface area contributed by atoms with Crippen LogP contribution in [-0.2, 0) is 0 Å². The fourth-order valence-electron chi connectivity index (χ4n) is 5.12. The van der Waals surface area contributed by atoms with Crippen LogP contribution in [0.3, 0.4) is 0 Å². The van der Waals surface area contributed by atoms with Gasteiger partial charge >= 0.3 is 0 Å². The second-order valence-corrected chi connectivity index (χ2v) is 7.08. The van der Waals surface area contributed by atoms with Crippen LogP contribution in [0.5, 0.6) is 0 Å². The molecule has 1 saturated heterocycles. The van der Waals surface area contributed by atoms with E-state index in [1.165, 1.54) is 37.7 Å². The van der Waals surface area contributed by atoms with Crippen molar-refractivity contribution in [2.45, 2.75) is 50.0 Å². The smallest absolute Gasteiger partial charge is 0.0758 e. The number of rotatable bonds is 1. The zero-order chi connectivity index (χ0) is 12.9. The Hall–Kier alpha value is -0.890. The Labute approximate surface area is 120 Å². The lowest BCUT2D eigenvalue weighted by molar-refractivity contribution is 0.0305. The molecular formula is C17H21NS. The molecule has 1 nitrogen and oxygen atoms in total. The van der Waals surface area contributed by atoms with E-state index >= 15 is 0 Å². The monoisotopic (exact) mass is 271 g/mol. The standard InChI is InChI=1S/C17H21NS/c19-15-10-11-17(18-15)14-8-6-13(7-9-14)16(17)12-4-2-1-3-5-12/h1-5,13-14,16H,6-11H2,(H,18,19). The van der Waals surface area contributed by atoms with Crippen molar-refractivity contribution in [2.75, 3.05) is 0 Å². The van der Waals surface area contributed by atoms with Gasteiger partial charge in [-0.2, -0.15) is 0 Å². The average molecular weight is 271 g/mol. The van der Waals surface area contributed by atoms with Crippen molar-refractivity contribution in [3.8, 4) is 0 Å². The first-order chi connectivity index (χ1) is 9.29. The molecule has 3 saturated carbocycles. The molecule has 2 bridgehead atoms. The largest absolute Gasteiger partial charge is 0.373 e. The Morgan fingerprint density at radius 1 is 1.05 bits per heavy atom. The summed E-state index contributed by atoms with van der Waals surface area (Å²) in [5.41, 5.74) is 1.83. The summed E-state index contributed by atoms with van der Waals surface area (Å²) in [5, 5.41) is 3.78. The van der Waals surface area contributed by atoms with Gasteiger partial charge < -0.3 is 5.32 Å². The normalized spacial score (nSPS) is 40.6. The topological polar surface area (TPSA) is 12.0 Å². The van der Waals surface area contributed by atoms with Crippen molar-refractivity contribution < 1.29 is 0 Å². The maximum Gasteiger partial charge on any atom is 0.0758 e. The number of nitrogens with one attached hydrogen (secondary N) is 1. The van der Waals surface area contributed by atoms with Crippen LogP contribution in [0, 0.1) is 11.8 Å². The van der Waals surface area contributed by atoms with Crippen LogP contribution in [0.15, 0.2) is 30.3 Å². The Kier molecular flexibility index (Phi) is 2.70. The van der Waals surface area contributed by atoms with Gasteiger partial charge in [-0.1, -0.05) is 42.5 Å². The number of benzene rings is 1. The highest BCUT2D eigenvalue weighted by Gasteiger charge is 2.56. The third-order valence-corrected chi connectivity index (χ3v) is 6.13. The van der Waals surface area contributed by atoms with Gasteiger partial charge in [0.25, 0.3) is 0 Å². The minimum Gasteiger partial charge on any atom is -0.373 e. The Morgan fingerprint density at radius 3 is 2.42 bits per heavy atom. The molecule has 0 aromatic heterocycles. The summed E-state index contributed by atoms with van der Waals surface area (Å²) in [4.78, 5) is 1.11. The molecule has 4 aliphatic rings. The molecule has 5 rings (SSSR count). The average Bonchev–Trinajstić information content (AvgIpc) is 2.83.